The minimum Gasteiger partial charge on any atom is -0.319 e. The third-order valence-corrected chi connectivity index (χ3v) is 3.64. The maximum absolute atomic E-state index is 12.0. The molecule has 1 saturated heterocycles. The Labute approximate surface area is 103 Å². The maximum Gasteiger partial charge on any atom is 0.322 e. The number of hydrogen-bond donors (Lipinski definition) is 2. The van der Waals surface area contributed by atoms with E-state index in [4.69, 9.17) is 11.6 Å². The van der Waals surface area contributed by atoms with E-state index >= 15 is 0 Å². The van der Waals surface area contributed by atoms with Crippen LogP contribution in [0.5, 0.6) is 0 Å². The fraction of sp³-hybridized carbons (Fsp3) is 0.333. The summed E-state index contributed by atoms with van der Waals surface area (Å²) in [5.74, 6) is -0.0672. The van der Waals surface area contributed by atoms with Crippen molar-refractivity contribution in [3.63, 3.8) is 0 Å². The van der Waals surface area contributed by atoms with Gasteiger partial charge in [0.15, 0.2) is 0 Å². The van der Waals surface area contributed by atoms with Crippen LogP contribution >= 0.6 is 11.6 Å². The second kappa shape index (κ2) is 3.47. The van der Waals surface area contributed by atoms with Crippen LogP contribution in [0, 0.1) is 5.92 Å². The van der Waals surface area contributed by atoms with Crippen molar-refractivity contribution in [2.75, 3.05) is 0 Å². The number of benzene rings is 1. The van der Waals surface area contributed by atoms with Crippen molar-refractivity contribution >= 4 is 23.5 Å². The van der Waals surface area contributed by atoms with Gasteiger partial charge in [-0.15, -0.1) is 0 Å². The lowest BCUT2D eigenvalue weighted by Crippen LogP contribution is -2.45. The highest BCUT2D eigenvalue weighted by atomic mass is 35.5. The Morgan fingerprint density at radius 1 is 1.18 bits per heavy atom. The highest BCUT2D eigenvalue weighted by Gasteiger charge is 2.57. The van der Waals surface area contributed by atoms with Crippen LogP contribution in [0.4, 0.5) is 4.79 Å². The summed E-state index contributed by atoms with van der Waals surface area (Å²) < 4.78 is 0. The fourth-order valence-corrected chi connectivity index (χ4v) is 2.55. The molecule has 1 aromatic carbocycles. The third kappa shape index (κ3) is 1.52. The molecular formula is C12H11ClN2O2. The number of rotatable bonds is 2. The predicted octanol–water partition coefficient (Wildman–Crippen LogP) is 1.78. The van der Waals surface area contributed by atoms with Crippen LogP contribution in [0.25, 0.3) is 0 Å². The topological polar surface area (TPSA) is 58.2 Å². The van der Waals surface area contributed by atoms with Crippen LogP contribution in [0.1, 0.15) is 18.4 Å². The zero-order valence-electron chi connectivity index (χ0n) is 9.00. The number of urea groups is 1. The van der Waals surface area contributed by atoms with E-state index in [9.17, 15) is 9.59 Å². The smallest absolute Gasteiger partial charge is 0.319 e. The van der Waals surface area contributed by atoms with E-state index in [1.54, 1.807) is 24.3 Å². The van der Waals surface area contributed by atoms with Crippen molar-refractivity contribution in [1.82, 2.24) is 10.6 Å². The average molecular weight is 251 g/mol. The van der Waals surface area contributed by atoms with Gasteiger partial charge >= 0.3 is 6.03 Å². The summed E-state index contributed by atoms with van der Waals surface area (Å²) in [6.45, 7) is 0. The van der Waals surface area contributed by atoms with Gasteiger partial charge in [-0.3, -0.25) is 10.1 Å². The molecule has 2 aliphatic rings. The van der Waals surface area contributed by atoms with Gasteiger partial charge < -0.3 is 5.32 Å². The van der Waals surface area contributed by atoms with E-state index in [1.165, 1.54) is 0 Å². The standard InChI is InChI=1S/C12H11ClN2O2/c13-9-5-3-8(4-6-9)12(7-1-2-7)10(16)14-11(17)15-12/h3-7H,1-2H2,(H2,14,15,16,17)/t12-/m0/s1. The van der Waals surface area contributed by atoms with Crippen molar-refractivity contribution in [1.29, 1.82) is 0 Å². The van der Waals surface area contributed by atoms with Crippen molar-refractivity contribution in [2.24, 2.45) is 5.92 Å². The van der Waals surface area contributed by atoms with E-state index in [0.29, 0.717) is 5.02 Å². The highest BCUT2D eigenvalue weighted by Crippen LogP contribution is 2.47. The van der Waals surface area contributed by atoms with E-state index in [1.807, 2.05) is 0 Å². The Morgan fingerprint density at radius 3 is 2.29 bits per heavy atom. The van der Waals surface area contributed by atoms with Crippen molar-refractivity contribution in [3.05, 3.63) is 34.9 Å². The van der Waals surface area contributed by atoms with Gasteiger partial charge in [0.25, 0.3) is 5.91 Å². The summed E-state index contributed by atoms with van der Waals surface area (Å²) in [6, 6.07) is 6.65. The summed E-state index contributed by atoms with van der Waals surface area (Å²) in [4.78, 5) is 23.4. The van der Waals surface area contributed by atoms with E-state index in [0.717, 1.165) is 18.4 Å². The molecule has 0 radical (unpaired) electrons. The van der Waals surface area contributed by atoms with Crippen LogP contribution in [-0.4, -0.2) is 11.9 Å². The average Bonchev–Trinajstić information content (AvgIpc) is 3.07. The number of halogens is 1. The first-order valence-electron chi connectivity index (χ1n) is 5.52. The Bertz CT molecular complexity index is 496. The molecule has 17 heavy (non-hydrogen) atoms. The van der Waals surface area contributed by atoms with E-state index in [2.05, 4.69) is 10.6 Å². The van der Waals surface area contributed by atoms with Gasteiger partial charge in [0.2, 0.25) is 0 Å². The van der Waals surface area contributed by atoms with Crippen molar-refractivity contribution < 1.29 is 9.59 Å². The van der Waals surface area contributed by atoms with Crippen LogP contribution in [0.15, 0.2) is 24.3 Å². The summed E-state index contributed by atoms with van der Waals surface area (Å²) in [5, 5.41) is 5.71. The molecule has 2 N–H and O–H groups in total. The first-order valence-corrected chi connectivity index (χ1v) is 5.90. The molecule has 3 rings (SSSR count). The minimum atomic E-state index is -0.887. The van der Waals surface area contributed by atoms with Gasteiger partial charge in [-0.25, -0.2) is 4.79 Å². The number of imide groups is 1. The molecule has 5 heteroatoms. The van der Waals surface area contributed by atoms with Crippen molar-refractivity contribution in [2.45, 2.75) is 18.4 Å². The maximum atomic E-state index is 12.0. The molecule has 88 valence electrons. The van der Waals surface area contributed by atoms with Gasteiger partial charge in [0.05, 0.1) is 0 Å². The van der Waals surface area contributed by atoms with E-state index in [-0.39, 0.29) is 11.8 Å². The van der Waals surface area contributed by atoms with Crippen LogP contribution in [-0.2, 0) is 10.3 Å². The fourth-order valence-electron chi connectivity index (χ4n) is 2.42. The molecule has 0 bridgehead atoms. The van der Waals surface area contributed by atoms with Crippen LogP contribution in [0.2, 0.25) is 5.02 Å². The monoisotopic (exact) mass is 250 g/mol. The lowest BCUT2D eigenvalue weighted by molar-refractivity contribution is -0.125. The van der Waals surface area contributed by atoms with Crippen LogP contribution < -0.4 is 10.6 Å². The summed E-state index contributed by atoms with van der Waals surface area (Å²) in [5.41, 5.74) is -0.0884. The van der Waals surface area contributed by atoms with E-state index < -0.39 is 11.6 Å². The Morgan fingerprint density at radius 2 is 1.82 bits per heavy atom. The van der Waals surface area contributed by atoms with Crippen LogP contribution in [0.3, 0.4) is 0 Å². The number of amides is 3. The molecular weight excluding hydrogens is 240 g/mol. The Kier molecular flexibility index (Phi) is 2.16. The molecule has 1 heterocycles. The lowest BCUT2D eigenvalue weighted by atomic mass is 9.85. The number of carbonyl (C=O) groups is 2. The normalized spacial score (nSPS) is 27.8. The molecule has 2 fully saturated rings. The Balaban J connectivity index is 2.08. The summed E-state index contributed by atoms with van der Waals surface area (Å²) in [6.07, 6.45) is 1.91. The quantitative estimate of drug-likeness (QED) is 0.786. The predicted molar refractivity (Wildman–Crippen MR) is 62.5 cm³/mol. The van der Waals surface area contributed by atoms with Gasteiger partial charge in [-0.1, -0.05) is 23.7 Å². The number of carbonyl (C=O) groups excluding carboxylic acids is 2. The van der Waals surface area contributed by atoms with Gasteiger partial charge in [0.1, 0.15) is 5.54 Å². The van der Waals surface area contributed by atoms with Gasteiger partial charge in [-0.05, 0) is 36.5 Å². The molecule has 1 atom stereocenters. The minimum absolute atomic E-state index is 0.190. The van der Waals surface area contributed by atoms with Crippen molar-refractivity contribution in [3.8, 4) is 0 Å². The molecule has 0 unspecified atom stereocenters. The Hall–Kier alpha value is -1.55. The molecule has 1 aromatic rings. The molecule has 1 aliphatic carbocycles. The highest BCUT2D eigenvalue weighted by molar-refractivity contribution is 6.30. The molecule has 0 aromatic heterocycles. The first kappa shape index (κ1) is 10.6. The zero-order valence-corrected chi connectivity index (χ0v) is 9.75. The summed E-state index contributed by atoms with van der Waals surface area (Å²) >= 11 is 5.84. The van der Waals surface area contributed by atoms with Gasteiger partial charge in [0, 0.05) is 5.02 Å². The number of nitrogens with one attached hydrogen (secondary N) is 2. The first-order chi connectivity index (χ1) is 8.13. The molecule has 0 spiro atoms. The molecule has 1 aliphatic heterocycles. The largest absolute Gasteiger partial charge is 0.322 e. The van der Waals surface area contributed by atoms with Gasteiger partial charge in [-0.2, -0.15) is 0 Å². The molecule has 3 amide bonds. The third-order valence-electron chi connectivity index (χ3n) is 3.39. The zero-order chi connectivity index (χ0) is 12.0. The SMILES string of the molecule is O=C1NC(=O)[C@@](c2ccc(Cl)cc2)(C2CC2)N1. The second-order valence-corrected chi connectivity index (χ2v) is 4.93. The lowest BCUT2D eigenvalue weighted by Gasteiger charge is -2.26. The second-order valence-electron chi connectivity index (χ2n) is 4.50. The molecule has 1 saturated carbocycles. The summed E-state index contributed by atoms with van der Waals surface area (Å²) in [7, 11) is 0. The number of hydrogen-bond acceptors (Lipinski definition) is 2. The molecule has 4 nitrogen and oxygen atoms in total.